The second-order valence-electron chi connectivity index (χ2n) is 5.82. The summed E-state index contributed by atoms with van der Waals surface area (Å²) < 4.78 is 5.64. The molecule has 1 atom stereocenters. The summed E-state index contributed by atoms with van der Waals surface area (Å²) in [5, 5.41) is 9.82. The number of anilines is 1. The van der Waals surface area contributed by atoms with E-state index in [9.17, 15) is 0 Å². The highest BCUT2D eigenvalue weighted by molar-refractivity contribution is 5.77. The van der Waals surface area contributed by atoms with E-state index in [0.29, 0.717) is 12.4 Å². The van der Waals surface area contributed by atoms with Crippen LogP contribution in [-0.4, -0.2) is 33.4 Å². The average Bonchev–Trinajstić information content (AvgIpc) is 3.24. The molecule has 0 spiro atoms. The van der Waals surface area contributed by atoms with Crippen LogP contribution in [-0.2, 0) is 9.57 Å². The number of nitrogens with zero attached hydrogens (tertiary/aromatic N) is 5. The molecule has 0 amide bonds. The van der Waals surface area contributed by atoms with Crippen molar-refractivity contribution in [2.45, 2.75) is 13.3 Å². The summed E-state index contributed by atoms with van der Waals surface area (Å²) in [4.78, 5) is 14.4. The van der Waals surface area contributed by atoms with Crippen LogP contribution < -0.4 is 5.06 Å². The first-order valence-electron chi connectivity index (χ1n) is 7.45. The van der Waals surface area contributed by atoms with Gasteiger partial charge < -0.3 is 4.74 Å². The van der Waals surface area contributed by atoms with Gasteiger partial charge in [-0.05, 0) is 18.6 Å². The van der Waals surface area contributed by atoms with Gasteiger partial charge in [0.1, 0.15) is 6.61 Å². The first-order chi connectivity index (χ1) is 11.3. The molecule has 2 aliphatic rings. The summed E-state index contributed by atoms with van der Waals surface area (Å²) in [6, 6.07) is 3.69. The van der Waals surface area contributed by atoms with E-state index in [4.69, 9.17) is 9.57 Å². The van der Waals surface area contributed by atoms with Crippen LogP contribution in [0, 0.1) is 12.0 Å². The Kier molecular flexibility index (Phi) is 3.51. The SMILES string of the molecule is CC1(C2=C(c3cnccn3)[CH]ON2c2cccnn2)CCOC1. The molecule has 1 saturated heterocycles. The van der Waals surface area contributed by atoms with Crippen molar-refractivity contribution in [3.8, 4) is 0 Å². The van der Waals surface area contributed by atoms with Crippen LogP contribution in [0.2, 0.25) is 0 Å². The van der Waals surface area contributed by atoms with Crippen LogP contribution in [0.15, 0.2) is 42.6 Å². The number of hydrogen-bond donors (Lipinski definition) is 0. The van der Waals surface area contributed by atoms with Crippen LogP contribution in [0.5, 0.6) is 0 Å². The van der Waals surface area contributed by atoms with E-state index in [0.717, 1.165) is 30.0 Å². The Hall–Kier alpha value is -2.38. The maximum absolute atomic E-state index is 5.80. The smallest absolute Gasteiger partial charge is 0.179 e. The van der Waals surface area contributed by atoms with E-state index in [1.54, 1.807) is 36.5 Å². The summed E-state index contributed by atoms with van der Waals surface area (Å²) in [6.45, 7) is 5.21. The summed E-state index contributed by atoms with van der Waals surface area (Å²) in [5.41, 5.74) is 2.46. The van der Waals surface area contributed by atoms with Gasteiger partial charge in [0.15, 0.2) is 5.82 Å². The first-order valence-corrected chi connectivity index (χ1v) is 7.45. The molecule has 7 nitrogen and oxygen atoms in total. The molecule has 1 fully saturated rings. The average molecular weight is 310 g/mol. The van der Waals surface area contributed by atoms with Crippen LogP contribution in [0.1, 0.15) is 19.0 Å². The highest BCUT2D eigenvalue weighted by atomic mass is 16.7. The maximum Gasteiger partial charge on any atom is 0.179 e. The van der Waals surface area contributed by atoms with Gasteiger partial charge in [-0.15, -0.1) is 5.10 Å². The number of ether oxygens (including phenoxy) is 1. The third-order valence-corrected chi connectivity index (χ3v) is 4.13. The minimum absolute atomic E-state index is 0.183. The Bertz CT molecular complexity index is 714. The van der Waals surface area contributed by atoms with Crippen LogP contribution in [0.4, 0.5) is 5.82 Å². The lowest BCUT2D eigenvalue weighted by Crippen LogP contribution is -2.31. The second-order valence-corrected chi connectivity index (χ2v) is 5.82. The molecule has 0 N–H and O–H groups in total. The van der Waals surface area contributed by atoms with Crippen molar-refractivity contribution in [2.24, 2.45) is 5.41 Å². The Balaban J connectivity index is 1.84. The molecule has 2 aliphatic heterocycles. The molecule has 0 aromatic carbocycles. The van der Waals surface area contributed by atoms with Gasteiger partial charge >= 0.3 is 0 Å². The second kappa shape index (κ2) is 5.68. The van der Waals surface area contributed by atoms with Crippen molar-refractivity contribution in [3.63, 3.8) is 0 Å². The third-order valence-electron chi connectivity index (χ3n) is 4.13. The topological polar surface area (TPSA) is 73.3 Å². The molecule has 7 heteroatoms. The fourth-order valence-corrected chi connectivity index (χ4v) is 2.94. The first kappa shape index (κ1) is 14.2. The summed E-state index contributed by atoms with van der Waals surface area (Å²) >= 11 is 0. The molecular weight excluding hydrogens is 294 g/mol. The Morgan fingerprint density at radius 1 is 1.26 bits per heavy atom. The van der Waals surface area contributed by atoms with Crippen molar-refractivity contribution in [2.75, 3.05) is 18.3 Å². The van der Waals surface area contributed by atoms with E-state index in [1.807, 2.05) is 12.1 Å². The standard InChI is InChI=1S/C16H16N5O2/c1-16(4-8-22-11-16)15-12(13-9-17-6-7-18-13)10-23-21(15)14-3-2-5-19-20-14/h2-3,5-7,9-10H,4,8,11H2,1H3. The fourth-order valence-electron chi connectivity index (χ4n) is 2.94. The lowest BCUT2D eigenvalue weighted by molar-refractivity contribution is 0.158. The van der Waals surface area contributed by atoms with Gasteiger partial charge in [-0.2, -0.15) is 5.10 Å². The van der Waals surface area contributed by atoms with Gasteiger partial charge in [-0.1, -0.05) is 6.92 Å². The Morgan fingerprint density at radius 3 is 2.91 bits per heavy atom. The molecule has 1 radical (unpaired) electrons. The van der Waals surface area contributed by atoms with Crippen molar-refractivity contribution >= 4 is 11.4 Å². The zero-order valence-electron chi connectivity index (χ0n) is 12.7. The third kappa shape index (κ3) is 2.47. The van der Waals surface area contributed by atoms with Crippen molar-refractivity contribution < 1.29 is 9.57 Å². The molecule has 23 heavy (non-hydrogen) atoms. The highest BCUT2D eigenvalue weighted by Gasteiger charge is 2.44. The Labute approximate surface area is 133 Å². The molecule has 2 aromatic rings. The van der Waals surface area contributed by atoms with Crippen LogP contribution >= 0.6 is 0 Å². The minimum Gasteiger partial charge on any atom is -0.380 e. The normalized spacial score (nSPS) is 24.5. The van der Waals surface area contributed by atoms with E-state index >= 15 is 0 Å². The van der Waals surface area contributed by atoms with Gasteiger partial charge in [0, 0.05) is 36.2 Å². The van der Waals surface area contributed by atoms with Gasteiger partial charge in [0.2, 0.25) is 0 Å². The van der Waals surface area contributed by atoms with Crippen LogP contribution in [0.3, 0.4) is 0 Å². The van der Waals surface area contributed by atoms with E-state index in [2.05, 4.69) is 27.1 Å². The summed E-state index contributed by atoms with van der Waals surface area (Å²) in [5.74, 6) is 0.630. The predicted molar refractivity (Wildman–Crippen MR) is 82.4 cm³/mol. The van der Waals surface area contributed by atoms with E-state index in [1.165, 1.54) is 0 Å². The fraction of sp³-hybridized carbons (Fsp3) is 0.312. The molecule has 0 saturated carbocycles. The van der Waals surface area contributed by atoms with Crippen molar-refractivity contribution in [1.82, 2.24) is 20.2 Å². The highest BCUT2D eigenvalue weighted by Crippen LogP contribution is 2.46. The molecule has 4 heterocycles. The van der Waals surface area contributed by atoms with E-state index < -0.39 is 0 Å². The van der Waals surface area contributed by atoms with Crippen molar-refractivity contribution in [1.29, 1.82) is 0 Å². The van der Waals surface area contributed by atoms with Gasteiger partial charge in [-0.3, -0.25) is 14.8 Å². The van der Waals surface area contributed by atoms with Gasteiger partial charge in [0.25, 0.3) is 0 Å². The minimum atomic E-state index is -0.183. The molecule has 2 aromatic heterocycles. The lowest BCUT2D eigenvalue weighted by atomic mass is 9.83. The molecule has 0 aliphatic carbocycles. The number of aromatic nitrogens is 4. The van der Waals surface area contributed by atoms with Gasteiger partial charge in [-0.25, -0.2) is 5.06 Å². The summed E-state index contributed by atoms with van der Waals surface area (Å²) in [7, 11) is 0. The maximum atomic E-state index is 5.80. The summed E-state index contributed by atoms with van der Waals surface area (Å²) in [6.07, 6.45) is 7.60. The zero-order valence-corrected chi connectivity index (χ0v) is 12.7. The largest absolute Gasteiger partial charge is 0.380 e. The predicted octanol–water partition coefficient (Wildman–Crippen LogP) is 2.02. The quantitative estimate of drug-likeness (QED) is 0.858. The Morgan fingerprint density at radius 2 is 2.22 bits per heavy atom. The lowest BCUT2D eigenvalue weighted by Gasteiger charge is -2.30. The molecule has 4 rings (SSSR count). The molecule has 117 valence electrons. The number of hydroxylamine groups is 1. The molecular formula is C16H16N5O2. The monoisotopic (exact) mass is 310 g/mol. The number of hydrogen-bond acceptors (Lipinski definition) is 7. The van der Waals surface area contributed by atoms with Gasteiger partial charge in [0.05, 0.1) is 24.2 Å². The van der Waals surface area contributed by atoms with Crippen molar-refractivity contribution in [3.05, 3.63) is 54.9 Å². The molecule has 0 bridgehead atoms. The zero-order chi connectivity index (χ0) is 15.7. The number of rotatable bonds is 3. The van der Waals surface area contributed by atoms with Crippen LogP contribution in [0.25, 0.3) is 5.57 Å². The van der Waals surface area contributed by atoms with E-state index in [-0.39, 0.29) is 5.41 Å². The molecule has 1 unspecified atom stereocenters.